The molecule has 0 spiro atoms. The zero-order chi connectivity index (χ0) is 14.0. The van der Waals surface area contributed by atoms with Crippen LogP contribution in [0.3, 0.4) is 0 Å². The number of H-pyrrole nitrogens is 1. The zero-order valence-corrected chi connectivity index (χ0v) is 12.9. The molecule has 0 aliphatic carbocycles. The molecule has 0 fully saturated rings. The highest BCUT2D eigenvalue weighted by Gasteiger charge is 2.12. The second kappa shape index (κ2) is 5.81. The topological polar surface area (TPSA) is 45.8 Å². The molecule has 1 aromatic carbocycles. The lowest BCUT2D eigenvalue weighted by atomic mass is 10.1. The molecular formula is C14H14FIN2O. The van der Waals surface area contributed by atoms with Gasteiger partial charge in [0.1, 0.15) is 11.6 Å². The lowest BCUT2D eigenvalue weighted by Crippen LogP contribution is -2.17. The Labute approximate surface area is 124 Å². The van der Waals surface area contributed by atoms with Crippen molar-refractivity contribution in [2.45, 2.75) is 20.3 Å². The third-order valence-corrected chi connectivity index (χ3v) is 3.74. The van der Waals surface area contributed by atoms with Crippen LogP contribution in [-0.4, -0.2) is 9.97 Å². The van der Waals surface area contributed by atoms with Gasteiger partial charge in [-0.05, 0) is 47.1 Å². The van der Waals surface area contributed by atoms with Crippen LogP contribution in [0.1, 0.15) is 19.5 Å². The molecule has 0 amide bonds. The summed E-state index contributed by atoms with van der Waals surface area (Å²) in [5.74, 6) is 0.479. The number of hydrogen-bond acceptors (Lipinski definition) is 2. The van der Waals surface area contributed by atoms with Crippen LogP contribution in [0.5, 0.6) is 0 Å². The molecule has 5 heteroatoms. The normalized spacial score (nSPS) is 11.0. The molecule has 1 N–H and O–H groups in total. The van der Waals surface area contributed by atoms with Crippen LogP contribution in [0.4, 0.5) is 4.39 Å². The van der Waals surface area contributed by atoms with E-state index in [1.54, 1.807) is 12.1 Å². The fourth-order valence-electron chi connectivity index (χ4n) is 1.80. The van der Waals surface area contributed by atoms with E-state index in [-0.39, 0.29) is 11.4 Å². The Balaban J connectivity index is 2.53. The second-order valence-corrected chi connectivity index (χ2v) is 5.86. The molecule has 0 bridgehead atoms. The van der Waals surface area contributed by atoms with Crippen molar-refractivity contribution in [2.24, 2.45) is 5.92 Å². The van der Waals surface area contributed by atoms with Crippen molar-refractivity contribution in [3.8, 4) is 11.4 Å². The van der Waals surface area contributed by atoms with E-state index in [1.165, 1.54) is 12.1 Å². The van der Waals surface area contributed by atoms with Crippen LogP contribution in [0.15, 0.2) is 29.1 Å². The molecule has 0 aliphatic heterocycles. The highest BCUT2D eigenvalue weighted by atomic mass is 127. The lowest BCUT2D eigenvalue weighted by molar-refractivity contribution is 0.626. The Morgan fingerprint density at radius 1 is 1.42 bits per heavy atom. The van der Waals surface area contributed by atoms with Gasteiger partial charge in [0.2, 0.25) is 0 Å². The average molecular weight is 372 g/mol. The number of aromatic amines is 1. The molecule has 0 radical (unpaired) electrons. The Hall–Kier alpha value is -1.24. The molecule has 2 aromatic rings. The maximum absolute atomic E-state index is 13.2. The number of aromatic nitrogens is 2. The molecule has 0 atom stereocenters. The molecule has 19 heavy (non-hydrogen) atoms. The van der Waals surface area contributed by atoms with Crippen molar-refractivity contribution in [3.05, 3.63) is 49.7 Å². The predicted octanol–water partition coefficient (Wildman–Crippen LogP) is 3.38. The van der Waals surface area contributed by atoms with E-state index in [1.807, 2.05) is 22.6 Å². The van der Waals surface area contributed by atoms with Crippen molar-refractivity contribution >= 4 is 22.6 Å². The van der Waals surface area contributed by atoms with Crippen LogP contribution in [0.2, 0.25) is 0 Å². The molecular weight excluding hydrogens is 358 g/mol. The minimum Gasteiger partial charge on any atom is -0.306 e. The number of hydrogen-bond donors (Lipinski definition) is 1. The molecule has 0 unspecified atom stereocenters. The molecule has 0 saturated heterocycles. The molecule has 3 nitrogen and oxygen atoms in total. The highest BCUT2D eigenvalue weighted by molar-refractivity contribution is 14.1. The van der Waals surface area contributed by atoms with Gasteiger partial charge in [0, 0.05) is 5.56 Å². The fraction of sp³-hybridized carbons (Fsp3) is 0.286. The highest BCUT2D eigenvalue weighted by Crippen LogP contribution is 2.18. The summed E-state index contributed by atoms with van der Waals surface area (Å²) in [7, 11) is 0. The molecule has 2 rings (SSSR count). The van der Waals surface area contributed by atoms with E-state index in [2.05, 4.69) is 23.8 Å². The van der Waals surface area contributed by atoms with E-state index >= 15 is 0 Å². The Bertz CT molecular complexity index is 652. The van der Waals surface area contributed by atoms with Gasteiger partial charge in [0.25, 0.3) is 5.56 Å². The fourth-order valence-corrected chi connectivity index (χ4v) is 2.28. The van der Waals surface area contributed by atoms with Gasteiger partial charge in [0.05, 0.1) is 9.26 Å². The minimum atomic E-state index is -0.343. The van der Waals surface area contributed by atoms with E-state index in [0.29, 0.717) is 20.9 Å². The van der Waals surface area contributed by atoms with E-state index < -0.39 is 0 Å². The monoisotopic (exact) mass is 372 g/mol. The SMILES string of the molecule is CC(C)Cc1nc(-c2cccc(F)c2)[nH]c(=O)c1I. The van der Waals surface area contributed by atoms with Gasteiger partial charge in [-0.25, -0.2) is 9.37 Å². The van der Waals surface area contributed by atoms with Gasteiger partial charge in [-0.3, -0.25) is 4.79 Å². The van der Waals surface area contributed by atoms with E-state index in [9.17, 15) is 9.18 Å². The van der Waals surface area contributed by atoms with Crippen molar-refractivity contribution in [1.82, 2.24) is 9.97 Å². The first-order chi connectivity index (χ1) is 8.97. The van der Waals surface area contributed by atoms with Crippen LogP contribution in [0.25, 0.3) is 11.4 Å². The van der Waals surface area contributed by atoms with E-state index in [4.69, 9.17) is 0 Å². The van der Waals surface area contributed by atoms with Gasteiger partial charge in [-0.15, -0.1) is 0 Å². The lowest BCUT2D eigenvalue weighted by Gasteiger charge is -2.09. The number of rotatable bonds is 3. The minimum absolute atomic E-state index is 0.175. The van der Waals surface area contributed by atoms with Crippen LogP contribution in [0, 0.1) is 15.3 Å². The number of halogens is 2. The first-order valence-electron chi connectivity index (χ1n) is 6.02. The molecule has 100 valence electrons. The third kappa shape index (κ3) is 3.40. The van der Waals surface area contributed by atoms with Crippen molar-refractivity contribution < 1.29 is 4.39 Å². The molecule has 1 aromatic heterocycles. The maximum Gasteiger partial charge on any atom is 0.264 e. The maximum atomic E-state index is 13.2. The third-order valence-electron chi connectivity index (χ3n) is 2.63. The Morgan fingerprint density at radius 2 is 2.16 bits per heavy atom. The number of nitrogens with zero attached hydrogens (tertiary/aromatic N) is 1. The van der Waals surface area contributed by atoms with Gasteiger partial charge in [0.15, 0.2) is 0 Å². The molecule has 0 aliphatic rings. The van der Waals surface area contributed by atoms with Crippen LogP contribution >= 0.6 is 22.6 Å². The summed E-state index contributed by atoms with van der Waals surface area (Å²) in [5.41, 5.74) is 1.17. The van der Waals surface area contributed by atoms with Crippen LogP contribution < -0.4 is 5.56 Å². The number of benzene rings is 1. The standard InChI is InChI=1S/C14H14FIN2O/c1-8(2)6-11-12(16)14(19)18-13(17-11)9-4-3-5-10(15)7-9/h3-5,7-8H,6H2,1-2H3,(H,17,18,19). The van der Waals surface area contributed by atoms with Crippen molar-refractivity contribution in [1.29, 1.82) is 0 Å². The largest absolute Gasteiger partial charge is 0.306 e. The zero-order valence-electron chi connectivity index (χ0n) is 10.7. The van der Waals surface area contributed by atoms with Crippen LogP contribution in [-0.2, 0) is 6.42 Å². The van der Waals surface area contributed by atoms with Gasteiger partial charge >= 0.3 is 0 Å². The van der Waals surface area contributed by atoms with Gasteiger partial charge in [-0.2, -0.15) is 0 Å². The van der Waals surface area contributed by atoms with Gasteiger partial charge in [-0.1, -0.05) is 26.0 Å². The summed E-state index contributed by atoms with van der Waals surface area (Å²) in [4.78, 5) is 19.1. The van der Waals surface area contributed by atoms with Crippen molar-refractivity contribution in [3.63, 3.8) is 0 Å². The molecule has 1 heterocycles. The Kier molecular flexibility index (Phi) is 4.34. The summed E-state index contributed by atoms with van der Waals surface area (Å²) in [6.45, 7) is 4.14. The summed E-state index contributed by atoms with van der Waals surface area (Å²) in [5, 5.41) is 0. The first-order valence-corrected chi connectivity index (χ1v) is 7.10. The van der Waals surface area contributed by atoms with Gasteiger partial charge < -0.3 is 4.98 Å². The summed E-state index contributed by atoms with van der Waals surface area (Å²) < 4.78 is 13.8. The number of nitrogens with one attached hydrogen (secondary N) is 1. The summed E-state index contributed by atoms with van der Waals surface area (Å²) in [6, 6.07) is 6.06. The quantitative estimate of drug-likeness (QED) is 0.840. The molecule has 0 saturated carbocycles. The summed E-state index contributed by atoms with van der Waals surface area (Å²) in [6.07, 6.45) is 0.727. The van der Waals surface area contributed by atoms with Crippen molar-refractivity contribution in [2.75, 3.05) is 0 Å². The Morgan fingerprint density at radius 3 is 2.79 bits per heavy atom. The first kappa shape index (κ1) is 14.2. The second-order valence-electron chi connectivity index (χ2n) is 4.78. The average Bonchev–Trinajstić information content (AvgIpc) is 2.34. The van der Waals surface area contributed by atoms with E-state index in [0.717, 1.165) is 12.1 Å². The predicted molar refractivity (Wildman–Crippen MR) is 81.5 cm³/mol. The smallest absolute Gasteiger partial charge is 0.264 e. The summed E-state index contributed by atoms with van der Waals surface area (Å²) >= 11 is 2.00.